The molecule has 1 heterocycles. The van der Waals surface area contributed by atoms with Crippen molar-refractivity contribution in [3.8, 4) is 0 Å². The van der Waals surface area contributed by atoms with E-state index in [1.165, 1.54) is 11.1 Å². The fraction of sp³-hybridized carbons (Fsp3) is 0.500. The number of carbonyl (C=O) groups is 1. The van der Waals surface area contributed by atoms with Gasteiger partial charge in [0.15, 0.2) is 0 Å². The van der Waals surface area contributed by atoms with E-state index in [-0.39, 0.29) is 17.4 Å². The van der Waals surface area contributed by atoms with E-state index in [0.717, 1.165) is 24.8 Å². The van der Waals surface area contributed by atoms with Crippen LogP contribution in [0.2, 0.25) is 0 Å². The molecular weight excluding hydrogens is 298 g/mol. The SMILES string of the molecule is CC(C)N(Cc1cnn(C)c1)C(=O)[C@@H]1C[C@]12CCc1ccccc12. The van der Waals surface area contributed by atoms with Crippen molar-refractivity contribution < 1.29 is 4.79 Å². The molecule has 0 aliphatic heterocycles. The summed E-state index contributed by atoms with van der Waals surface area (Å²) in [7, 11) is 1.91. The fourth-order valence-electron chi connectivity index (χ4n) is 4.38. The van der Waals surface area contributed by atoms with Crippen LogP contribution >= 0.6 is 0 Å². The van der Waals surface area contributed by atoms with Crippen LogP contribution in [0.1, 0.15) is 43.4 Å². The molecule has 0 bridgehead atoms. The van der Waals surface area contributed by atoms with Gasteiger partial charge in [0.1, 0.15) is 0 Å². The molecule has 0 N–H and O–H groups in total. The first-order valence-electron chi connectivity index (χ1n) is 8.87. The van der Waals surface area contributed by atoms with Crippen molar-refractivity contribution in [2.24, 2.45) is 13.0 Å². The van der Waals surface area contributed by atoms with Gasteiger partial charge in [-0.1, -0.05) is 24.3 Å². The van der Waals surface area contributed by atoms with E-state index in [4.69, 9.17) is 0 Å². The van der Waals surface area contributed by atoms with E-state index in [9.17, 15) is 4.79 Å². The highest BCUT2D eigenvalue weighted by Gasteiger charge is 2.62. The zero-order chi connectivity index (χ0) is 16.9. The third-order valence-electron chi connectivity index (χ3n) is 5.79. The molecule has 126 valence electrons. The van der Waals surface area contributed by atoms with Gasteiger partial charge in [0.25, 0.3) is 0 Å². The second-order valence-corrected chi connectivity index (χ2v) is 7.65. The third-order valence-corrected chi connectivity index (χ3v) is 5.79. The van der Waals surface area contributed by atoms with Crippen molar-refractivity contribution in [2.75, 3.05) is 0 Å². The zero-order valence-electron chi connectivity index (χ0n) is 14.7. The number of rotatable bonds is 4. The standard InChI is InChI=1S/C20H25N3O/c1-14(2)23(13-15-11-21-22(3)12-15)19(24)18-10-20(18)9-8-16-6-4-5-7-17(16)20/h4-7,11-12,14,18H,8-10,13H2,1-3H3/t18-,20-/m0/s1. The molecular formula is C20H25N3O. The number of amides is 1. The van der Waals surface area contributed by atoms with E-state index in [1.54, 1.807) is 4.68 Å². The van der Waals surface area contributed by atoms with Gasteiger partial charge >= 0.3 is 0 Å². The third kappa shape index (κ3) is 2.36. The molecule has 24 heavy (non-hydrogen) atoms. The molecule has 4 nitrogen and oxygen atoms in total. The molecule has 0 radical (unpaired) electrons. The summed E-state index contributed by atoms with van der Waals surface area (Å²) >= 11 is 0. The summed E-state index contributed by atoms with van der Waals surface area (Å²) in [5.74, 6) is 0.464. The minimum absolute atomic E-state index is 0.121. The molecule has 0 saturated heterocycles. The minimum Gasteiger partial charge on any atom is -0.336 e. The monoisotopic (exact) mass is 323 g/mol. The Bertz CT molecular complexity index is 779. The Morgan fingerprint density at radius 3 is 2.92 bits per heavy atom. The van der Waals surface area contributed by atoms with E-state index in [0.29, 0.717) is 12.5 Å². The maximum absolute atomic E-state index is 13.2. The molecule has 1 amide bonds. The van der Waals surface area contributed by atoms with Crippen molar-refractivity contribution in [2.45, 2.75) is 51.1 Å². The Hall–Kier alpha value is -2.10. The number of hydrogen-bond acceptors (Lipinski definition) is 2. The van der Waals surface area contributed by atoms with Gasteiger partial charge in [0.2, 0.25) is 5.91 Å². The maximum Gasteiger partial charge on any atom is 0.227 e. The predicted molar refractivity (Wildman–Crippen MR) is 93.4 cm³/mol. The largest absolute Gasteiger partial charge is 0.336 e. The van der Waals surface area contributed by atoms with Gasteiger partial charge in [-0.3, -0.25) is 9.48 Å². The summed E-state index contributed by atoms with van der Waals surface area (Å²) in [5, 5.41) is 4.23. The lowest BCUT2D eigenvalue weighted by atomic mass is 9.95. The Kier molecular flexibility index (Phi) is 3.52. The van der Waals surface area contributed by atoms with E-state index in [1.807, 2.05) is 24.3 Å². The van der Waals surface area contributed by atoms with Gasteiger partial charge in [-0.25, -0.2) is 0 Å². The molecule has 1 fully saturated rings. The maximum atomic E-state index is 13.2. The van der Waals surface area contributed by atoms with Gasteiger partial charge in [-0.05, 0) is 44.2 Å². The van der Waals surface area contributed by atoms with E-state index in [2.05, 4.69) is 43.2 Å². The van der Waals surface area contributed by atoms with E-state index < -0.39 is 0 Å². The predicted octanol–water partition coefficient (Wildman–Crippen LogP) is 3.06. The number of hydrogen-bond donors (Lipinski definition) is 0. The average molecular weight is 323 g/mol. The molecule has 4 rings (SSSR count). The summed E-state index contributed by atoms with van der Waals surface area (Å²) in [6.07, 6.45) is 7.11. The smallest absolute Gasteiger partial charge is 0.227 e. The van der Waals surface area contributed by atoms with Crippen molar-refractivity contribution in [3.05, 3.63) is 53.3 Å². The molecule has 1 spiro atoms. The topological polar surface area (TPSA) is 38.1 Å². The highest BCUT2D eigenvalue weighted by molar-refractivity contribution is 5.85. The van der Waals surface area contributed by atoms with Crippen LogP contribution in [0, 0.1) is 5.92 Å². The first kappa shape index (κ1) is 15.4. The summed E-state index contributed by atoms with van der Waals surface area (Å²) in [4.78, 5) is 15.3. The molecule has 4 heteroatoms. The Morgan fingerprint density at radius 2 is 2.21 bits per heavy atom. The summed E-state index contributed by atoms with van der Waals surface area (Å²) in [6.45, 7) is 4.86. The molecule has 2 atom stereocenters. The summed E-state index contributed by atoms with van der Waals surface area (Å²) in [6, 6.07) is 8.88. The second-order valence-electron chi connectivity index (χ2n) is 7.65. The van der Waals surface area contributed by atoms with Crippen molar-refractivity contribution in [1.82, 2.24) is 14.7 Å². The van der Waals surface area contributed by atoms with Gasteiger partial charge in [-0.15, -0.1) is 0 Å². The lowest BCUT2D eigenvalue weighted by molar-refractivity contribution is -0.135. The van der Waals surface area contributed by atoms with Crippen LogP contribution in [0.25, 0.3) is 0 Å². The van der Waals surface area contributed by atoms with Gasteiger partial charge < -0.3 is 4.90 Å². The van der Waals surface area contributed by atoms with Crippen LogP contribution in [-0.4, -0.2) is 26.6 Å². The number of nitrogens with zero attached hydrogens (tertiary/aromatic N) is 3. The normalized spacial score (nSPS) is 24.4. The lowest BCUT2D eigenvalue weighted by Crippen LogP contribution is -2.38. The number of aryl methyl sites for hydroxylation is 2. The van der Waals surface area contributed by atoms with Crippen LogP contribution < -0.4 is 0 Å². The van der Waals surface area contributed by atoms with Gasteiger partial charge in [0, 0.05) is 42.7 Å². The minimum atomic E-state index is 0.121. The quantitative estimate of drug-likeness (QED) is 0.867. The molecule has 0 unspecified atom stereocenters. The fourth-order valence-corrected chi connectivity index (χ4v) is 4.38. The highest BCUT2D eigenvalue weighted by Crippen LogP contribution is 2.62. The second kappa shape index (κ2) is 5.47. The van der Waals surface area contributed by atoms with Crippen LogP contribution in [0.4, 0.5) is 0 Å². The molecule has 2 aliphatic carbocycles. The summed E-state index contributed by atoms with van der Waals surface area (Å²) in [5.41, 5.74) is 4.08. The highest BCUT2D eigenvalue weighted by atomic mass is 16.2. The zero-order valence-corrected chi connectivity index (χ0v) is 14.7. The van der Waals surface area contributed by atoms with E-state index >= 15 is 0 Å². The molecule has 1 aromatic carbocycles. The van der Waals surface area contributed by atoms with Crippen LogP contribution in [-0.2, 0) is 30.2 Å². The first-order valence-corrected chi connectivity index (χ1v) is 8.87. The van der Waals surface area contributed by atoms with Gasteiger partial charge in [-0.2, -0.15) is 5.10 Å². The lowest BCUT2D eigenvalue weighted by Gasteiger charge is -2.27. The first-order chi connectivity index (χ1) is 11.5. The Balaban J connectivity index is 1.55. The van der Waals surface area contributed by atoms with Crippen LogP contribution in [0.15, 0.2) is 36.7 Å². The number of benzene rings is 1. The molecule has 2 aromatic rings. The summed E-state index contributed by atoms with van der Waals surface area (Å²) < 4.78 is 1.80. The average Bonchev–Trinajstić information content (AvgIpc) is 2.97. The molecule has 1 saturated carbocycles. The Morgan fingerprint density at radius 1 is 1.42 bits per heavy atom. The number of fused-ring (bicyclic) bond motifs is 2. The van der Waals surface area contributed by atoms with Gasteiger partial charge in [0.05, 0.1) is 6.20 Å². The number of carbonyl (C=O) groups excluding carboxylic acids is 1. The van der Waals surface area contributed by atoms with Crippen LogP contribution in [0.3, 0.4) is 0 Å². The number of aromatic nitrogens is 2. The van der Waals surface area contributed by atoms with Crippen molar-refractivity contribution in [1.29, 1.82) is 0 Å². The van der Waals surface area contributed by atoms with Crippen LogP contribution in [0.5, 0.6) is 0 Å². The molecule has 2 aliphatic rings. The molecule has 1 aromatic heterocycles. The van der Waals surface area contributed by atoms with Crippen molar-refractivity contribution >= 4 is 5.91 Å². The Labute approximate surface area is 143 Å². The van der Waals surface area contributed by atoms with Crippen molar-refractivity contribution in [3.63, 3.8) is 0 Å².